The molecule has 0 radical (unpaired) electrons. The van der Waals surface area contributed by atoms with Crippen molar-refractivity contribution in [2.45, 2.75) is 13.0 Å². The van der Waals surface area contributed by atoms with E-state index >= 15 is 0 Å². The van der Waals surface area contributed by atoms with Gasteiger partial charge < -0.3 is 10.4 Å². The van der Waals surface area contributed by atoms with Gasteiger partial charge in [0, 0.05) is 20.2 Å². The van der Waals surface area contributed by atoms with Crippen LogP contribution in [-0.4, -0.2) is 11.1 Å². The Balaban J connectivity index is 2.31. The molecule has 0 aliphatic carbocycles. The lowest BCUT2D eigenvalue weighted by Crippen LogP contribution is -2.11. The molecule has 0 bridgehead atoms. The van der Waals surface area contributed by atoms with Crippen LogP contribution in [0, 0.1) is 0 Å². The highest BCUT2D eigenvalue weighted by atomic mass is 79.9. The van der Waals surface area contributed by atoms with Crippen molar-refractivity contribution < 1.29 is 9.90 Å². The number of halogens is 3. The molecule has 6 heteroatoms. The molecule has 0 aliphatic rings. The van der Waals surface area contributed by atoms with Crippen molar-refractivity contribution in [1.29, 1.82) is 0 Å². The zero-order chi connectivity index (χ0) is 15.6. The maximum absolute atomic E-state index is 11.3. The zero-order valence-corrected chi connectivity index (χ0v) is 14.1. The third-order valence-corrected chi connectivity index (χ3v) is 4.07. The summed E-state index contributed by atoms with van der Waals surface area (Å²) in [7, 11) is 0. The first-order valence-electron chi connectivity index (χ1n) is 6.13. The molecule has 0 fully saturated rings. The number of carboxylic acids is 1. The van der Waals surface area contributed by atoms with Gasteiger partial charge in [-0.3, -0.25) is 0 Å². The monoisotopic (exact) mass is 387 g/mol. The van der Waals surface area contributed by atoms with Crippen molar-refractivity contribution in [3.63, 3.8) is 0 Å². The van der Waals surface area contributed by atoms with E-state index in [2.05, 4.69) is 21.2 Å². The van der Waals surface area contributed by atoms with Crippen LogP contribution in [0.4, 0.5) is 5.69 Å². The van der Waals surface area contributed by atoms with E-state index in [-0.39, 0.29) is 11.6 Å². The molecule has 21 heavy (non-hydrogen) atoms. The second-order valence-corrected chi connectivity index (χ2v) is 6.29. The minimum Gasteiger partial charge on any atom is -0.478 e. The number of nitrogens with one attached hydrogen (secondary N) is 1. The smallest absolute Gasteiger partial charge is 0.337 e. The summed E-state index contributed by atoms with van der Waals surface area (Å²) >= 11 is 15.3. The van der Waals surface area contributed by atoms with Crippen molar-refractivity contribution in [3.05, 3.63) is 62.0 Å². The third kappa shape index (κ3) is 3.90. The Morgan fingerprint density at radius 2 is 1.95 bits per heavy atom. The minimum atomic E-state index is -0.992. The lowest BCUT2D eigenvalue weighted by Gasteiger charge is -2.18. The van der Waals surface area contributed by atoms with Crippen LogP contribution in [0.3, 0.4) is 0 Å². The van der Waals surface area contributed by atoms with E-state index in [1.54, 1.807) is 30.3 Å². The van der Waals surface area contributed by atoms with E-state index in [0.717, 1.165) is 5.56 Å². The fourth-order valence-corrected chi connectivity index (χ4v) is 2.92. The lowest BCUT2D eigenvalue weighted by molar-refractivity contribution is 0.0698. The molecule has 110 valence electrons. The predicted molar refractivity (Wildman–Crippen MR) is 89.6 cm³/mol. The van der Waals surface area contributed by atoms with Crippen LogP contribution in [0.15, 0.2) is 40.9 Å². The van der Waals surface area contributed by atoms with Crippen molar-refractivity contribution >= 4 is 50.8 Å². The summed E-state index contributed by atoms with van der Waals surface area (Å²) < 4.78 is 0.711. The number of hydrogen-bond acceptors (Lipinski definition) is 2. The summed E-state index contributed by atoms with van der Waals surface area (Å²) in [4.78, 5) is 11.3. The molecule has 1 unspecified atom stereocenters. The predicted octanol–water partition coefficient (Wildman–Crippen LogP) is 5.63. The van der Waals surface area contributed by atoms with E-state index in [1.165, 1.54) is 0 Å². The molecule has 0 heterocycles. The first-order valence-corrected chi connectivity index (χ1v) is 7.67. The van der Waals surface area contributed by atoms with Gasteiger partial charge in [0.1, 0.15) is 0 Å². The third-order valence-electron chi connectivity index (χ3n) is 3.01. The average Bonchev–Trinajstić information content (AvgIpc) is 2.40. The van der Waals surface area contributed by atoms with Crippen LogP contribution < -0.4 is 5.32 Å². The summed E-state index contributed by atoms with van der Waals surface area (Å²) in [6.07, 6.45) is 0. The molecule has 0 spiro atoms. The van der Waals surface area contributed by atoms with Crippen LogP contribution in [0.2, 0.25) is 10.0 Å². The van der Waals surface area contributed by atoms with Gasteiger partial charge in [-0.2, -0.15) is 0 Å². The van der Waals surface area contributed by atoms with Crippen LogP contribution >= 0.6 is 39.1 Å². The fraction of sp³-hybridized carbons (Fsp3) is 0.133. The van der Waals surface area contributed by atoms with Gasteiger partial charge in [0.25, 0.3) is 0 Å². The first-order chi connectivity index (χ1) is 9.88. The number of benzene rings is 2. The molecular formula is C15H12BrCl2NO2. The van der Waals surface area contributed by atoms with E-state index in [9.17, 15) is 9.90 Å². The molecule has 0 aromatic heterocycles. The van der Waals surface area contributed by atoms with E-state index in [4.69, 9.17) is 23.2 Å². The van der Waals surface area contributed by atoms with Gasteiger partial charge in [0.2, 0.25) is 0 Å². The highest BCUT2D eigenvalue weighted by Crippen LogP contribution is 2.30. The molecule has 2 aromatic rings. The second kappa shape index (κ2) is 6.69. The van der Waals surface area contributed by atoms with Crippen molar-refractivity contribution in [3.8, 4) is 0 Å². The molecule has 3 nitrogen and oxygen atoms in total. The Labute approximate surface area is 141 Å². The number of carbonyl (C=O) groups is 1. The van der Waals surface area contributed by atoms with Crippen molar-refractivity contribution in [2.24, 2.45) is 0 Å². The Hall–Kier alpha value is -1.23. The summed E-state index contributed by atoms with van der Waals surface area (Å²) in [5.41, 5.74) is 1.57. The molecule has 0 aliphatic heterocycles. The molecule has 0 amide bonds. The summed E-state index contributed by atoms with van der Waals surface area (Å²) in [6.45, 7) is 1.91. The quantitative estimate of drug-likeness (QED) is 0.713. The van der Waals surface area contributed by atoms with Crippen molar-refractivity contribution in [2.75, 3.05) is 5.32 Å². The zero-order valence-electron chi connectivity index (χ0n) is 11.0. The van der Waals surface area contributed by atoms with Gasteiger partial charge in [-0.05, 0) is 42.8 Å². The molecule has 2 N–H and O–H groups in total. The topological polar surface area (TPSA) is 49.3 Å². The summed E-state index contributed by atoms with van der Waals surface area (Å²) in [5.74, 6) is -0.992. The van der Waals surface area contributed by atoms with Crippen molar-refractivity contribution in [1.82, 2.24) is 0 Å². The van der Waals surface area contributed by atoms with Gasteiger partial charge >= 0.3 is 5.97 Å². The molecule has 2 aromatic carbocycles. The highest BCUT2D eigenvalue weighted by molar-refractivity contribution is 9.10. The van der Waals surface area contributed by atoms with Crippen LogP contribution in [0.5, 0.6) is 0 Å². The normalized spacial score (nSPS) is 12.0. The summed E-state index contributed by atoms with van der Waals surface area (Å²) in [6, 6.07) is 10.1. The van der Waals surface area contributed by atoms with Crippen LogP contribution in [0.1, 0.15) is 28.9 Å². The first kappa shape index (κ1) is 16.1. The van der Waals surface area contributed by atoms with E-state index in [0.29, 0.717) is 20.2 Å². The average molecular weight is 389 g/mol. The molecule has 0 saturated carbocycles. The Morgan fingerprint density at radius 3 is 2.57 bits per heavy atom. The van der Waals surface area contributed by atoms with Gasteiger partial charge in [-0.15, -0.1) is 0 Å². The Bertz CT molecular complexity index is 691. The van der Waals surface area contributed by atoms with Crippen LogP contribution in [-0.2, 0) is 0 Å². The fourth-order valence-electron chi connectivity index (χ4n) is 1.98. The second-order valence-electron chi connectivity index (χ2n) is 4.53. The maximum Gasteiger partial charge on any atom is 0.337 e. The largest absolute Gasteiger partial charge is 0.478 e. The Morgan fingerprint density at radius 1 is 1.24 bits per heavy atom. The van der Waals surface area contributed by atoms with E-state index < -0.39 is 5.97 Å². The molecular weight excluding hydrogens is 377 g/mol. The SMILES string of the molecule is CC(Nc1ccc(Br)cc1C(=O)O)c1ccc(Cl)cc1Cl. The highest BCUT2D eigenvalue weighted by Gasteiger charge is 2.15. The number of aromatic carboxylic acids is 1. The number of hydrogen-bond donors (Lipinski definition) is 2. The Kier molecular flexibility index (Phi) is 5.14. The summed E-state index contributed by atoms with van der Waals surface area (Å²) in [5, 5.41) is 13.5. The molecule has 0 saturated heterocycles. The maximum atomic E-state index is 11.3. The van der Waals surface area contributed by atoms with Gasteiger partial charge in [-0.25, -0.2) is 4.79 Å². The standard InChI is InChI=1S/C15H12BrCl2NO2/c1-8(11-4-3-10(17)7-13(11)18)19-14-5-2-9(16)6-12(14)15(20)21/h2-8,19H,1H3,(H,20,21). The van der Waals surface area contributed by atoms with Gasteiger partial charge in [0.05, 0.1) is 11.6 Å². The van der Waals surface area contributed by atoms with Crippen LogP contribution in [0.25, 0.3) is 0 Å². The number of anilines is 1. The lowest BCUT2D eigenvalue weighted by atomic mass is 10.1. The molecule has 2 rings (SSSR count). The van der Waals surface area contributed by atoms with Gasteiger partial charge in [-0.1, -0.05) is 45.2 Å². The number of rotatable bonds is 4. The van der Waals surface area contributed by atoms with E-state index in [1.807, 2.05) is 13.0 Å². The van der Waals surface area contributed by atoms with Gasteiger partial charge in [0.15, 0.2) is 0 Å². The molecule has 1 atom stereocenters. The number of carboxylic acid groups (broad SMARTS) is 1. The minimum absolute atomic E-state index is 0.158.